The summed E-state index contributed by atoms with van der Waals surface area (Å²) in [5.74, 6) is 0.949. The van der Waals surface area contributed by atoms with E-state index >= 15 is 0 Å². The number of benzene rings is 1. The third-order valence-electron chi connectivity index (χ3n) is 2.71. The summed E-state index contributed by atoms with van der Waals surface area (Å²) in [6.07, 6.45) is 0.231. The molecule has 2 N–H and O–H groups in total. The fourth-order valence-corrected chi connectivity index (χ4v) is 1.75. The number of hydrogen-bond donors (Lipinski definition) is 2. The molecule has 16 heavy (non-hydrogen) atoms. The van der Waals surface area contributed by atoms with E-state index in [9.17, 15) is 0 Å². The largest absolute Gasteiger partial charge is 0.491 e. The maximum Gasteiger partial charge on any atom is 0.120 e. The molecule has 1 saturated heterocycles. The molecule has 0 bridgehead atoms. The van der Waals surface area contributed by atoms with Crippen molar-refractivity contribution in [2.45, 2.75) is 32.9 Å². The van der Waals surface area contributed by atoms with E-state index in [-0.39, 0.29) is 6.10 Å². The van der Waals surface area contributed by atoms with Crippen LogP contribution in [0.4, 0.5) is 5.69 Å². The van der Waals surface area contributed by atoms with Gasteiger partial charge in [-0.1, -0.05) is 0 Å². The van der Waals surface area contributed by atoms with Gasteiger partial charge >= 0.3 is 0 Å². The van der Waals surface area contributed by atoms with E-state index in [1.54, 1.807) is 0 Å². The molecule has 1 aromatic rings. The number of ether oxygens (including phenoxy) is 1. The average molecular weight is 220 g/mol. The van der Waals surface area contributed by atoms with Crippen LogP contribution >= 0.6 is 0 Å². The standard InChI is InChI=1S/C13H20N2O/c1-9(2)16-12-4-5-13(10(3)6-12)15-11-7-14-8-11/h4-6,9,11,14-15H,7-8H2,1-3H3. The summed E-state index contributed by atoms with van der Waals surface area (Å²) in [6.45, 7) is 8.32. The van der Waals surface area contributed by atoms with E-state index in [1.807, 2.05) is 19.9 Å². The number of aryl methyl sites for hydroxylation is 1. The summed E-state index contributed by atoms with van der Waals surface area (Å²) >= 11 is 0. The fourth-order valence-electron chi connectivity index (χ4n) is 1.75. The van der Waals surface area contributed by atoms with Gasteiger partial charge in [0.2, 0.25) is 0 Å². The first-order valence-electron chi connectivity index (χ1n) is 5.89. The van der Waals surface area contributed by atoms with E-state index in [2.05, 4.69) is 29.7 Å². The van der Waals surface area contributed by atoms with Gasteiger partial charge in [0.05, 0.1) is 12.1 Å². The quantitative estimate of drug-likeness (QED) is 0.816. The van der Waals surface area contributed by atoms with Crippen LogP contribution in [0, 0.1) is 6.92 Å². The Balaban J connectivity index is 2.03. The van der Waals surface area contributed by atoms with E-state index < -0.39 is 0 Å². The number of anilines is 1. The van der Waals surface area contributed by atoms with Crippen LogP contribution in [0.3, 0.4) is 0 Å². The maximum absolute atomic E-state index is 5.66. The SMILES string of the molecule is Cc1cc(OC(C)C)ccc1NC1CNC1. The van der Waals surface area contributed by atoms with Crippen molar-refractivity contribution >= 4 is 5.69 Å². The first-order chi connectivity index (χ1) is 7.65. The molecule has 0 saturated carbocycles. The third-order valence-corrected chi connectivity index (χ3v) is 2.71. The molecular weight excluding hydrogens is 200 g/mol. The topological polar surface area (TPSA) is 33.3 Å². The summed E-state index contributed by atoms with van der Waals surface area (Å²) < 4.78 is 5.66. The molecule has 0 aliphatic carbocycles. The molecule has 1 heterocycles. The normalized spacial score (nSPS) is 16.0. The highest BCUT2D eigenvalue weighted by Crippen LogP contribution is 2.23. The van der Waals surface area contributed by atoms with Gasteiger partial charge in [-0.05, 0) is 44.5 Å². The van der Waals surface area contributed by atoms with Crippen molar-refractivity contribution in [1.82, 2.24) is 5.32 Å². The van der Waals surface area contributed by atoms with Crippen LogP contribution in [0.1, 0.15) is 19.4 Å². The monoisotopic (exact) mass is 220 g/mol. The highest BCUT2D eigenvalue weighted by Gasteiger charge is 2.16. The van der Waals surface area contributed by atoms with Gasteiger partial charge in [-0.2, -0.15) is 0 Å². The molecule has 3 heteroatoms. The molecule has 3 nitrogen and oxygen atoms in total. The fraction of sp³-hybridized carbons (Fsp3) is 0.538. The molecule has 0 aromatic heterocycles. The first-order valence-corrected chi connectivity index (χ1v) is 5.89. The van der Waals surface area contributed by atoms with Crippen molar-refractivity contribution in [1.29, 1.82) is 0 Å². The molecule has 0 spiro atoms. The lowest BCUT2D eigenvalue weighted by atomic mass is 10.1. The number of hydrogen-bond acceptors (Lipinski definition) is 3. The van der Waals surface area contributed by atoms with Crippen LogP contribution in [0.2, 0.25) is 0 Å². The van der Waals surface area contributed by atoms with Crippen molar-refractivity contribution in [3.63, 3.8) is 0 Å². The van der Waals surface area contributed by atoms with Crippen molar-refractivity contribution in [3.05, 3.63) is 23.8 Å². The number of nitrogens with one attached hydrogen (secondary N) is 2. The van der Waals surface area contributed by atoms with Gasteiger partial charge in [0.15, 0.2) is 0 Å². The molecule has 0 radical (unpaired) electrons. The highest BCUT2D eigenvalue weighted by atomic mass is 16.5. The zero-order chi connectivity index (χ0) is 11.5. The summed E-state index contributed by atoms with van der Waals surface area (Å²) in [4.78, 5) is 0. The van der Waals surface area contributed by atoms with Crippen LogP contribution in [-0.2, 0) is 0 Å². The smallest absolute Gasteiger partial charge is 0.120 e. The van der Waals surface area contributed by atoms with E-state index in [1.165, 1.54) is 11.3 Å². The molecule has 0 atom stereocenters. The second-order valence-electron chi connectivity index (χ2n) is 4.64. The predicted octanol–water partition coefficient (Wildman–Crippen LogP) is 2.17. The second kappa shape index (κ2) is 4.74. The number of rotatable bonds is 4. The highest BCUT2D eigenvalue weighted by molar-refractivity contribution is 5.54. The van der Waals surface area contributed by atoms with E-state index in [0.717, 1.165) is 18.8 Å². The van der Waals surface area contributed by atoms with Gasteiger partial charge in [0, 0.05) is 18.8 Å². The van der Waals surface area contributed by atoms with Crippen molar-refractivity contribution in [2.24, 2.45) is 0 Å². The lowest BCUT2D eigenvalue weighted by Crippen LogP contribution is -2.51. The second-order valence-corrected chi connectivity index (χ2v) is 4.64. The predicted molar refractivity (Wildman–Crippen MR) is 67.2 cm³/mol. The lowest BCUT2D eigenvalue weighted by Gasteiger charge is -2.29. The Morgan fingerprint density at radius 2 is 2.12 bits per heavy atom. The zero-order valence-corrected chi connectivity index (χ0v) is 10.2. The maximum atomic E-state index is 5.66. The zero-order valence-electron chi connectivity index (χ0n) is 10.2. The van der Waals surface area contributed by atoms with E-state index in [0.29, 0.717) is 6.04 Å². The van der Waals surface area contributed by atoms with Crippen molar-refractivity contribution in [3.8, 4) is 5.75 Å². The summed E-state index contributed by atoms with van der Waals surface area (Å²) in [6, 6.07) is 6.80. The Hall–Kier alpha value is -1.22. The molecule has 1 aliphatic heterocycles. The summed E-state index contributed by atoms with van der Waals surface area (Å²) in [5, 5.41) is 6.76. The Morgan fingerprint density at radius 1 is 1.38 bits per heavy atom. The Morgan fingerprint density at radius 3 is 2.62 bits per heavy atom. The summed E-state index contributed by atoms with van der Waals surface area (Å²) in [7, 11) is 0. The van der Waals surface area contributed by atoms with Crippen molar-refractivity contribution < 1.29 is 4.74 Å². The average Bonchev–Trinajstić information content (AvgIpc) is 2.12. The molecule has 0 unspecified atom stereocenters. The van der Waals surface area contributed by atoms with Crippen LogP contribution < -0.4 is 15.4 Å². The molecule has 1 fully saturated rings. The molecular formula is C13H20N2O. The minimum absolute atomic E-state index is 0.231. The molecule has 2 rings (SSSR count). The molecule has 1 aromatic carbocycles. The van der Waals surface area contributed by atoms with Crippen LogP contribution in [0.25, 0.3) is 0 Å². The minimum atomic E-state index is 0.231. The Bertz CT molecular complexity index is 359. The minimum Gasteiger partial charge on any atom is -0.491 e. The van der Waals surface area contributed by atoms with Gasteiger partial charge in [-0.3, -0.25) is 0 Å². The first kappa shape index (κ1) is 11.3. The van der Waals surface area contributed by atoms with Gasteiger partial charge in [-0.15, -0.1) is 0 Å². The van der Waals surface area contributed by atoms with Gasteiger partial charge in [0.25, 0.3) is 0 Å². The summed E-state index contributed by atoms with van der Waals surface area (Å²) in [5.41, 5.74) is 2.45. The van der Waals surface area contributed by atoms with E-state index in [4.69, 9.17) is 4.74 Å². The molecule has 1 aliphatic rings. The van der Waals surface area contributed by atoms with Crippen molar-refractivity contribution in [2.75, 3.05) is 18.4 Å². The lowest BCUT2D eigenvalue weighted by molar-refractivity contribution is 0.242. The molecule has 88 valence electrons. The van der Waals surface area contributed by atoms with Gasteiger partial charge < -0.3 is 15.4 Å². The van der Waals surface area contributed by atoms with Crippen LogP contribution in [0.5, 0.6) is 5.75 Å². The van der Waals surface area contributed by atoms with Gasteiger partial charge in [-0.25, -0.2) is 0 Å². The van der Waals surface area contributed by atoms with Gasteiger partial charge in [0.1, 0.15) is 5.75 Å². The molecule has 0 amide bonds. The Labute approximate surface area is 97.2 Å². The van der Waals surface area contributed by atoms with Crippen LogP contribution in [-0.4, -0.2) is 25.2 Å². The third kappa shape index (κ3) is 2.67. The Kier molecular flexibility index (Phi) is 3.34. The van der Waals surface area contributed by atoms with Crippen LogP contribution in [0.15, 0.2) is 18.2 Å².